The van der Waals surface area contributed by atoms with E-state index in [4.69, 9.17) is 17.3 Å². The van der Waals surface area contributed by atoms with Crippen molar-refractivity contribution in [3.63, 3.8) is 0 Å². The number of aromatic nitrogens is 4. The molecule has 3 aromatic rings. The fourth-order valence-corrected chi connectivity index (χ4v) is 2.03. The van der Waals surface area contributed by atoms with Crippen LogP contribution in [-0.2, 0) is 0 Å². The molecule has 0 radical (unpaired) electrons. The fraction of sp³-hybridized carbons (Fsp3) is 0. The first kappa shape index (κ1) is 12.6. The SMILES string of the molecule is Nc1ccc(Cl)cc1-c1nnnn1-c1cccc(F)c1. The minimum absolute atomic E-state index is 0.372. The van der Waals surface area contributed by atoms with Crippen LogP contribution < -0.4 is 5.73 Å². The summed E-state index contributed by atoms with van der Waals surface area (Å²) in [6.07, 6.45) is 0. The summed E-state index contributed by atoms with van der Waals surface area (Å²) in [5.41, 5.74) is 7.50. The van der Waals surface area contributed by atoms with Crippen molar-refractivity contribution in [3.05, 3.63) is 53.3 Å². The van der Waals surface area contributed by atoms with Gasteiger partial charge in [-0.05, 0) is 46.8 Å². The summed E-state index contributed by atoms with van der Waals surface area (Å²) in [4.78, 5) is 0. The Kier molecular flexibility index (Phi) is 3.08. The van der Waals surface area contributed by atoms with Gasteiger partial charge in [0.1, 0.15) is 5.82 Å². The number of anilines is 1. The van der Waals surface area contributed by atoms with Crippen LogP contribution in [0.5, 0.6) is 0 Å². The van der Waals surface area contributed by atoms with Crippen molar-refractivity contribution < 1.29 is 4.39 Å². The third-order valence-electron chi connectivity index (χ3n) is 2.78. The van der Waals surface area contributed by atoms with Gasteiger partial charge >= 0.3 is 0 Å². The van der Waals surface area contributed by atoms with E-state index in [2.05, 4.69) is 15.5 Å². The Balaban J connectivity index is 2.18. The number of nitrogens with two attached hydrogens (primary N) is 1. The third kappa shape index (κ3) is 2.21. The summed E-state index contributed by atoms with van der Waals surface area (Å²) in [5, 5.41) is 11.9. The van der Waals surface area contributed by atoms with Crippen LogP contribution in [-0.4, -0.2) is 20.2 Å². The number of nitrogen functional groups attached to an aromatic ring is 1. The Morgan fingerprint density at radius 3 is 2.80 bits per heavy atom. The average molecular weight is 290 g/mol. The largest absolute Gasteiger partial charge is 0.398 e. The number of hydrogen-bond donors (Lipinski definition) is 1. The van der Waals surface area contributed by atoms with Crippen molar-refractivity contribution in [2.45, 2.75) is 0 Å². The van der Waals surface area contributed by atoms with Gasteiger partial charge in [-0.25, -0.2) is 4.39 Å². The predicted octanol–water partition coefficient (Wildman–Crippen LogP) is 2.70. The summed E-state index contributed by atoms with van der Waals surface area (Å²) in [7, 11) is 0. The van der Waals surface area contributed by atoms with Crippen molar-refractivity contribution in [3.8, 4) is 17.1 Å². The van der Waals surface area contributed by atoms with E-state index < -0.39 is 0 Å². The Morgan fingerprint density at radius 1 is 1.15 bits per heavy atom. The molecule has 0 bridgehead atoms. The molecule has 7 heteroatoms. The smallest absolute Gasteiger partial charge is 0.189 e. The topological polar surface area (TPSA) is 69.6 Å². The number of nitrogens with zero attached hydrogens (tertiary/aromatic N) is 4. The first-order valence-corrected chi connectivity index (χ1v) is 6.12. The van der Waals surface area contributed by atoms with E-state index in [1.54, 1.807) is 30.3 Å². The van der Waals surface area contributed by atoms with E-state index in [9.17, 15) is 4.39 Å². The van der Waals surface area contributed by atoms with E-state index in [1.165, 1.54) is 16.8 Å². The molecule has 1 heterocycles. The molecule has 0 atom stereocenters. The Morgan fingerprint density at radius 2 is 2.00 bits per heavy atom. The molecule has 2 aromatic carbocycles. The normalized spacial score (nSPS) is 10.7. The van der Waals surface area contributed by atoms with Crippen molar-refractivity contribution in [1.82, 2.24) is 20.2 Å². The second-order valence-corrected chi connectivity index (χ2v) is 4.56. The van der Waals surface area contributed by atoms with Crippen molar-refractivity contribution in [2.24, 2.45) is 0 Å². The van der Waals surface area contributed by atoms with Gasteiger partial charge in [0.15, 0.2) is 5.82 Å². The van der Waals surface area contributed by atoms with Crippen LogP contribution >= 0.6 is 11.6 Å². The van der Waals surface area contributed by atoms with Crippen LogP contribution in [0.4, 0.5) is 10.1 Å². The maximum atomic E-state index is 13.3. The van der Waals surface area contributed by atoms with Crippen LogP contribution in [0, 0.1) is 5.82 Å². The Labute approximate surface area is 118 Å². The molecule has 0 amide bonds. The van der Waals surface area contributed by atoms with E-state index in [1.807, 2.05) is 0 Å². The molecule has 0 saturated heterocycles. The summed E-state index contributed by atoms with van der Waals surface area (Å²) in [6, 6.07) is 11.0. The van der Waals surface area contributed by atoms with Crippen LogP contribution in [0.1, 0.15) is 0 Å². The monoisotopic (exact) mass is 289 g/mol. The number of rotatable bonds is 2. The lowest BCUT2D eigenvalue weighted by Crippen LogP contribution is -2.02. The average Bonchev–Trinajstić information content (AvgIpc) is 2.90. The minimum Gasteiger partial charge on any atom is -0.398 e. The number of hydrogen-bond acceptors (Lipinski definition) is 4. The maximum absolute atomic E-state index is 13.3. The van der Waals surface area contributed by atoms with Crippen molar-refractivity contribution in [2.75, 3.05) is 5.73 Å². The van der Waals surface area contributed by atoms with Gasteiger partial charge in [-0.1, -0.05) is 17.7 Å². The summed E-state index contributed by atoms with van der Waals surface area (Å²) >= 11 is 5.96. The standard InChI is InChI=1S/C13H9ClFN5/c14-8-4-5-12(16)11(6-8)13-17-18-19-20(13)10-3-1-2-9(15)7-10/h1-7H,16H2. The summed E-state index contributed by atoms with van der Waals surface area (Å²) < 4.78 is 14.7. The predicted molar refractivity (Wildman–Crippen MR) is 74.0 cm³/mol. The molecule has 100 valence electrons. The quantitative estimate of drug-likeness (QED) is 0.736. The van der Waals surface area contributed by atoms with E-state index in [0.29, 0.717) is 27.8 Å². The van der Waals surface area contributed by atoms with E-state index in [0.717, 1.165) is 0 Å². The molecule has 0 aliphatic heterocycles. The first-order chi connectivity index (χ1) is 9.65. The lowest BCUT2D eigenvalue weighted by molar-refractivity contribution is 0.625. The zero-order valence-electron chi connectivity index (χ0n) is 10.2. The third-order valence-corrected chi connectivity index (χ3v) is 3.01. The zero-order valence-corrected chi connectivity index (χ0v) is 10.9. The first-order valence-electron chi connectivity index (χ1n) is 5.75. The molecule has 0 spiro atoms. The molecule has 1 aromatic heterocycles. The highest BCUT2D eigenvalue weighted by molar-refractivity contribution is 6.31. The van der Waals surface area contributed by atoms with Gasteiger partial charge in [-0.2, -0.15) is 4.68 Å². The Hall–Kier alpha value is -2.47. The maximum Gasteiger partial charge on any atom is 0.189 e. The van der Waals surface area contributed by atoms with Crippen LogP contribution in [0.3, 0.4) is 0 Å². The highest BCUT2D eigenvalue weighted by atomic mass is 35.5. The van der Waals surface area contributed by atoms with Crippen LogP contribution in [0.25, 0.3) is 17.1 Å². The van der Waals surface area contributed by atoms with Gasteiger partial charge < -0.3 is 5.73 Å². The van der Waals surface area contributed by atoms with Gasteiger partial charge in [0.05, 0.1) is 5.69 Å². The molecule has 0 aliphatic carbocycles. The van der Waals surface area contributed by atoms with Gasteiger partial charge in [0.25, 0.3) is 0 Å². The fourth-order valence-electron chi connectivity index (χ4n) is 1.86. The van der Waals surface area contributed by atoms with Gasteiger partial charge in [-0.15, -0.1) is 5.10 Å². The van der Waals surface area contributed by atoms with Crippen LogP contribution in [0.2, 0.25) is 5.02 Å². The number of tetrazole rings is 1. The molecule has 0 aliphatic rings. The molecular formula is C13H9ClFN5. The van der Waals surface area contributed by atoms with E-state index >= 15 is 0 Å². The molecule has 0 saturated carbocycles. The Bertz CT molecular complexity index is 771. The minimum atomic E-state index is -0.372. The molecule has 20 heavy (non-hydrogen) atoms. The lowest BCUT2D eigenvalue weighted by Gasteiger charge is -2.07. The molecule has 5 nitrogen and oxygen atoms in total. The second-order valence-electron chi connectivity index (χ2n) is 4.13. The lowest BCUT2D eigenvalue weighted by atomic mass is 10.1. The molecule has 3 rings (SSSR count). The van der Waals surface area contributed by atoms with Crippen molar-refractivity contribution in [1.29, 1.82) is 0 Å². The molecule has 0 fully saturated rings. The van der Waals surface area contributed by atoms with Gasteiger partial charge in [0, 0.05) is 16.3 Å². The van der Waals surface area contributed by atoms with Crippen LogP contribution in [0.15, 0.2) is 42.5 Å². The highest BCUT2D eigenvalue weighted by Crippen LogP contribution is 2.28. The van der Waals surface area contributed by atoms with Gasteiger partial charge in [0.2, 0.25) is 0 Å². The number of benzene rings is 2. The summed E-state index contributed by atoms with van der Waals surface area (Å²) in [5.74, 6) is 0.0265. The van der Waals surface area contributed by atoms with Gasteiger partial charge in [-0.3, -0.25) is 0 Å². The van der Waals surface area contributed by atoms with E-state index in [-0.39, 0.29) is 5.82 Å². The molecule has 0 unspecified atom stereocenters. The molecule has 2 N–H and O–H groups in total. The number of halogens is 2. The summed E-state index contributed by atoms with van der Waals surface area (Å²) in [6.45, 7) is 0. The zero-order chi connectivity index (χ0) is 14.1. The highest BCUT2D eigenvalue weighted by Gasteiger charge is 2.14. The second kappa shape index (κ2) is 4.90. The van der Waals surface area contributed by atoms with Crippen molar-refractivity contribution >= 4 is 17.3 Å². The molecular weight excluding hydrogens is 281 g/mol.